The van der Waals surface area contributed by atoms with Crippen molar-refractivity contribution in [2.24, 2.45) is 10.9 Å². The summed E-state index contributed by atoms with van der Waals surface area (Å²) in [5.41, 5.74) is 2.63. The molecule has 1 unspecified atom stereocenters. The Balaban J connectivity index is 1.67. The fourth-order valence-corrected chi connectivity index (χ4v) is 4.20. The first-order chi connectivity index (χ1) is 13.6. The highest BCUT2D eigenvalue weighted by molar-refractivity contribution is 5.80. The number of ether oxygens (including phenoxy) is 2. The summed E-state index contributed by atoms with van der Waals surface area (Å²) in [7, 11) is 3.39. The van der Waals surface area contributed by atoms with E-state index in [0.717, 1.165) is 56.6 Å². The number of hydrogen-bond acceptors (Lipinski definition) is 4. The number of methoxy groups -OCH3 is 2. The van der Waals surface area contributed by atoms with Crippen LogP contribution >= 0.6 is 0 Å². The Labute approximate surface area is 169 Å². The van der Waals surface area contributed by atoms with Crippen molar-refractivity contribution in [3.8, 4) is 11.5 Å². The lowest BCUT2D eigenvalue weighted by Crippen LogP contribution is -2.44. The third-order valence-corrected chi connectivity index (χ3v) is 5.67. The molecule has 2 aliphatic rings. The van der Waals surface area contributed by atoms with Crippen LogP contribution in [0.4, 0.5) is 0 Å². The summed E-state index contributed by atoms with van der Waals surface area (Å²) < 4.78 is 10.9. The number of likely N-dealkylation sites (tertiary alicyclic amines) is 1. The summed E-state index contributed by atoms with van der Waals surface area (Å²) in [6.07, 6.45) is 3.68. The molecule has 6 nitrogen and oxygen atoms in total. The Morgan fingerprint density at radius 2 is 1.79 bits per heavy atom. The van der Waals surface area contributed by atoms with Gasteiger partial charge in [0.2, 0.25) is 0 Å². The standard InChI is InChI=1S/C22H36N4O2/c1-5-23-22(24-14-17(2)15-25-9-6-7-10-25)26-11-8-18-12-20(27-3)21(28-4)13-19(18)16-26/h12-13,17H,5-11,14-16H2,1-4H3,(H,23,24). The monoisotopic (exact) mass is 388 g/mol. The lowest BCUT2D eigenvalue weighted by atomic mass is 9.99. The Morgan fingerprint density at radius 3 is 2.43 bits per heavy atom. The number of nitrogens with one attached hydrogen (secondary N) is 1. The van der Waals surface area contributed by atoms with E-state index >= 15 is 0 Å². The molecule has 3 rings (SSSR count). The average Bonchev–Trinajstić information content (AvgIpc) is 3.22. The molecule has 1 atom stereocenters. The highest BCUT2D eigenvalue weighted by Gasteiger charge is 2.22. The smallest absolute Gasteiger partial charge is 0.194 e. The molecule has 1 N–H and O–H groups in total. The molecule has 2 heterocycles. The molecular formula is C22H36N4O2. The Bertz CT molecular complexity index is 671. The minimum atomic E-state index is 0.577. The molecule has 0 radical (unpaired) electrons. The van der Waals surface area contributed by atoms with Gasteiger partial charge in [-0.25, -0.2) is 0 Å². The van der Waals surface area contributed by atoms with Crippen LogP contribution in [-0.2, 0) is 13.0 Å². The highest BCUT2D eigenvalue weighted by atomic mass is 16.5. The van der Waals surface area contributed by atoms with Gasteiger partial charge in [-0.15, -0.1) is 0 Å². The van der Waals surface area contributed by atoms with Gasteiger partial charge in [-0.05, 0) is 68.5 Å². The Morgan fingerprint density at radius 1 is 1.11 bits per heavy atom. The highest BCUT2D eigenvalue weighted by Crippen LogP contribution is 2.33. The number of nitrogens with zero attached hydrogens (tertiary/aromatic N) is 3. The first-order valence-electron chi connectivity index (χ1n) is 10.6. The van der Waals surface area contributed by atoms with Gasteiger partial charge in [-0.2, -0.15) is 0 Å². The second-order valence-electron chi connectivity index (χ2n) is 7.95. The third kappa shape index (κ3) is 5.10. The SMILES string of the molecule is CCNC(=NCC(C)CN1CCCC1)N1CCc2cc(OC)c(OC)cc2C1. The maximum atomic E-state index is 5.49. The van der Waals surface area contributed by atoms with Gasteiger partial charge in [-0.3, -0.25) is 4.99 Å². The maximum absolute atomic E-state index is 5.49. The van der Waals surface area contributed by atoms with Crippen LogP contribution < -0.4 is 14.8 Å². The second-order valence-corrected chi connectivity index (χ2v) is 7.95. The summed E-state index contributed by atoms with van der Waals surface area (Å²) >= 11 is 0. The predicted molar refractivity (Wildman–Crippen MR) is 114 cm³/mol. The topological polar surface area (TPSA) is 49.3 Å². The zero-order chi connectivity index (χ0) is 19.9. The number of fused-ring (bicyclic) bond motifs is 1. The van der Waals surface area contributed by atoms with Gasteiger partial charge in [0.1, 0.15) is 0 Å². The van der Waals surface area contributed by atoms with Gasteiger partial charge in [0.25, 0.3) is 0 Å². The molecule has 0 aliphatic carbocycles. The first kappa shape index (κ1) is 20.8. The van der Waals surface area contributed by atoms with Crippen molar-refractivity contribution in [1.82, 2.24) is 15.1 Å². The number of hydrogen-bond donors (Lipinski definition) is 1. The predicted octanol–water partition coefficient (Wildman–Crippen LogP) is 2.76. The molecule has 1 aromatic rings. The zero-order valence-corrected chi connectivity index (χ0v) is 18.0. The van der Waals surface area contributed by atoms with Crippen LogP contribution in [0.5, 0.6) is 11.5 Å². The van der Waals surface area contributed by atoms with Gasteiger partial charge in [0.05, 0.1) is 14.2 Å². The van der Waals surface area contributed by atoms with Crippen molar-refractivity contribution in [3.05, 3.63) is 23.3 Å². The summed E-state index contributed by atoms with van der Waals surface area (Å²) in [5, 5.41) is 3.49. The van der Waals surface area contributed by atoms with E-state index in [2.05, 4.69) is 41.1 Å². The van der Waals surface area contributed by atoms with E-state index < -0.39 is 0 Å². The Hall–Kier alpha value is -1.95. The van der Waals surface area contributed by atoms with E-state index in [1.165, 1.54) is 37.1 Å². The van der Waals surface area contributed by atoms with Crippen molar-refractivity contribution < 1.29 is 9.47 Å². The lowest BCUT2D eigenvalue weighted by molar-refractivity contribution is 0.290. The normalized spacial score (nSPS) is 18.7. The molecule has 1 aromatic carbocycles. The van der Waals surface area contributed by atoms with Gasteiger partial charge >= 0.3 is 0 Å². The lowest BCUT2D eigenvalue weighted by Gasteiger charge is -2.32. The van der Waals surface area contributed by atoms with E-state index in [1.54, 1.807) is 14.2 Å². The third-order valence-electron chi connectivity index (χ3n) is 5.67. The molecule has 2 aliphatic heterocycles. The van der Waals surface area contributed by atoms with Crippen LogP contribution in [0.3, 0.4) is 0 Å². The fourth-order valence-electron chi connectivity index (χ4n) is 4.20. The summed E-state index contributed by atoms with van der Waals surface area (Å²) in [6.45, 7) is 11.7. The molecular weight excluding hydrogens is 352 g/mol. The van der Waals surface area contributed by atoms with E-state index in [4.69, 9.17) is 14.5 Å². The average molecular weight is 389 g/mol. The first-order valence-corrected chi connectivity index (χ1v) is 10.6. The second kappa shape index (κ2) is 10.0. The molecule has 0 bridgehead atoms. The number of rotatable bonds is 7. The molecule has 0 amide bonds. The van der Waals surface area contributed by atoms with Crippen LogP contribution in [0.15, 0.2) is 17.1 Å². The molecule has 1 fully saturated rings. The van der Waals surface area contributed by atoms with Crippen molar-refractivity contribution in [2.45, 2.75) is 39.7 Å². The zero-order valence-electron chi connectivity index (χ0n) is 18.0. The summed E-state index contributed by atoms with van der Waals surface area (Å²) in [5.74, 6) is 3.21. The van der Waals surface area contributed by atoms with Crippen LogP contribution in [0, 0.1) is 5.92 Å². The summed E-state index contributed by atoms with van der Waals surface area (Å²) in [6, 6.07) is 4.23. The van der Waals surface area contributed by atoms with E-state index in [1.807, 2.05) is 0 Å². The molecule has 0 spiro atoms. The van der Waals surface area contributed by atoms with Gasteiger partial charge in [0.15, 0.2) is 17.5 Å². The molecule has 156 valence electrons. The molecule has 6 heteroatoms. The van der Waals surface area contributed by atoms with Gasteiger partial charge < -0.3 is 24.6 Å². The minimum Gasteiger partial charge on any atom is -0.493 e. The Kier molecular flexibility index (Phi) is 7.43. The van der Waals surface area contributed by atoms with Crippen molar-refractivity contribution in [2.75, 3.05) is 53.5 Å². The van der Waals surface area contributed by atoms with Gasteiger partial charge in [-0.1, -0.05) is 6.92 Å². The van der Waals surface area contributed by atoms with E-state index in [-0.39, 0.29) is 0 Å². The fraction of sp³-hybridized carbons (Fsp3) is 0.682. The maximum Gasteiger partial charge on any atom is 0.194 e. The number of guanidine groups is 1. The van der Waals surface area contributed by atoms with Crippen molar-refractivity contribution in [3.63, 3.8) is 0 Å². The largest absolute Gasteiger partial charge is 0.493 e. The molecule has 0 aromatic heterocycles. The molecule has 0 saturated carbocycles. The molecule has 1 saturated heterocycles. The van der Waals surface area contributed by atoms with Crippen LogP contribution in [0.25, 0.3) is 0 Å². The quantitative estimate of drug-likeness (QED) is 0.575. The molecule has 28 heavy (non-hydrogen) atoms. The van der Waals surface area contributed by atoms with Crippen LogP contribution in [0.1, 0.15) is 37.8 Å². The van der Waals surface area contributed by atoms with Gasteiger partial charge in [0, 0.05) is 32.7 Å². The summed E-state index contributed by atoms with van der Waals surface area (Å²) in [4.78, 5) is 9.91. The van der Waals surface area contributed by atoms with Crippen LogP contribution in [-0.4, -0.2) is 69.2 Å². The minimum absolute atomic E-state index is 0.577. The number of benzene rings is 1. The van der Waals surface area contributed by atoms with E-state index in [9.17, 15) is 0 Å². The van der Waals surface area contributed by atoms with E-state index in [0.29, 0.717) is 5.92 Å². The van der Waals surface area contributed by atoms with Crippen LogP contribution in [0.2, 0.25) is 0 Å². The van der Waals surface area contributed by atoms with Crippen molar-refractivity contribution in [1.29, 1.82) is 0 Å². The van der Waals surface area contributed by atoms with Crippen molar-refractivity contribution >= 4 is 5.96 Å². The number of aliphatic imine (C=N–C) groups is 1.